The molecule has 1 N–H and O–H groups in total. The Bertz CT molecular complexity index is 546. The van der Waals surface area contributed by atoms with Gasteiger partial charge in [-0.2, -0.15) is 0 Å². The number of likely N-dealkylation sites (tertiary alicyclic amines) is 1. The lowest BCUT2D eigenvalue weighted by Gasteiger charge is -2.31. The first-order chi connectivity index (χ1) is 10.1. The Morgan fingerprint density at radius 2 is 2.14 bits per heavy atom. The number of aromatic nitrogens is 1. The van der Waals surface area contributed by atoms with Gasteiger partial charge < -0.3 is 10.0 Å². The number of pyridine rings is 1. The number of piperidine rings is 1. The highest BCUT2D eigenvalue weighted by atomic mass is 16.4. The summed E-state index contributed by atoms with van der Waals surface area (Å²) in [4.78, 5) is 29.0. The second-order valence-electron chi connectivity index (χ2n) is 5.28. The topological polar surface area (TPSA) is 70.5 Å². The fourth-order valence-corrected chi connectivity index (χ4v) is 2.61. The van der Waals surface area contributed by atoms with Gasteiger partial charge in [0, 0.05) is 42.7 Å². The number of nitrogens with zero attached hydrogens (tertiary/aromatic N) is 2. The minimum atomic E-state index is -1.04. The molecule has 0 saturated carbocycles. The molecule has 1 aromatic heterocycles. The fraction of sp³-hybridized carbons (Fsp3) is 0.438. The van der Waals surface area contributed by atoms with Crippen LogP contribution in [0.2, 0.25) is 0 Å². The van der Waals surface area contributed by atoms with Crippen LogP contribution in [0.25, 0.3) is 6.08 Å². The second kappa shape index (κ2) is 7.02. The van der Waals surface area contributed by atoms with Gasteiger partial charge in [-0.3, -0.25) is 9.78 Å². The van der Waals surface area contributed by atoms with Gasteiger partial charge >= 0.3 is 5.97 Å². The van der Waals surface area contributed by atoms with Gasteiger partial charge in [0.05, 0.1) is 0 Å². The van der Waals surface area contributed by atoms with Crippen molar-refractivity contribution in [3.63, 3.8) is 0 Å². The molecule has 0 atom stereocenters. The van der Waals surface area contributed by atoms with Crippen LogP contribution in [-0.2, 0) is 4.79 Å². The average molecular weight is 288 g/mol. The molecule has 1 aliphatic rings. The summed E-state index contributed by atoms with van der Waals surface area (Å²) >= 11 is 0. The van der Waals surface area contributed by atoms with E-state index in [9.17, 15) is 9.59 Å². The molecule has 5 nitrogen and oxygen atoms in total. The molecule has 21 heavy (non-hydrogen) atoms. The van der Waals surface area contributed by atoms with Gasteiger partial charge in [0.1, 0.15) is 0 Å². The summed E-state index contributed by atoms with van der Waals surface area (Å²) in [5.74, 6) is -0.379. The summed E-state index contributed by atoms with van der Waals surface area (Å²) in [6, 6.07) is 1.65. The number of hydrogen-bond acceptors (Lipinski definition) is 3. The van der Waals surface area contributed by atoms with Crippen molar-refractivity contribution in [3.8, 4) is 0 Å². The Morgan fingerprint density at radius 1 is 1.43 bits per heavy atom. The van der Waals surface area contributed by atoms with Crippen molar-refractivity contribution in [3.05, 3.63) is 35.7 Å². The third kappa shape index (κ3) is 3.90. The highest BCUT2D eigenvalue weighted by Crippen LogP contribution is 2.22. The predicted octanol–water partition coefficient (Wildman–Crippen LogP) is 2.44. The summed E-state index contributed by atoms with van der Waals surface area (Å²) in [7, 11) is 0. The van der Waals surface area contributed by atoms with E-state index < -0.39 is 5.97 Å². The Morgan fingerprint density at radius 3 is 2.76 bits per heavy atom. The standard InChI is InChI=1S/C16H20N2O3/c1-2-12-6-9-18(10-7-12)16(21)14-5-8-17-11-13(14)3-4-15(19)20/h3-5,8,11-12H,2,6-7,9-10H2,1H3,(H,19,20). The lowest BCUT2D eigenvalue weighted by molar-refractivity contribution is -0.131. The molecule has 5 heteroatoms. The summed E-state index contributed by atoms with van der Waals surface area (Å²) < 4.78 is 0. The molecular weight excluding hydrogens is 268 g/mol. The van der Waals surface area contributed by atoms with Gasteiger partial charge in [0.2, 0.25) is 0 Å². The first kappa shape index (κ1) is 15.2. The zero-order chi connectivity index (χ0) is 15.2. The number of rotatable bonds is 4. The maximum atomic E-state index is 12.6. The summed E-state index contributed by atoms with van der Waals surface area (Å²) in [6.45, 7) is 3.71. The molecule has 1 aliphatic heterocycles. The number of carboxylic acid groups (broad SMARTS) is 1. The Hall–Kier alpha value is -2.17. The normalized spacial score (nSPS) is 16.3. The molecule has 2 rings (SSSR count). The summed E-state index contributed by atoms with van der Waals surface area (Å²) in [5, 5.41) is 8.71. The molecule has 1 aromatic rings. The van der Waals surface area contributed by atoms with Gasteiger partial charge in [-0.15, -0.1) is 0 Å². The molecule has 0 radical (unpaired) electrons. The molecule has 1 amide bonds. The van der Waals surface area contributed by atoms with E-state index in [0.29, 0.717) is 17.0 Å². The van der Waals surface area contributed by atoms with Crippen molar-refractivity contribution in [1.82, 2.24) is 9.88 Å². The van der Waals surface area contributed by atoms with E-state index in [4.69, 9.17) is 5.11 Å². The second-order valence-corrected chi connectivity index (χ2v) is 5.28. The maximum Gasteiger partial charge on any atom is 0.328 e. The number of hydrogen-bond donors (Lipinski definition) is 1. The molecule has 0 aromatic carbocycles. The van der Waals surface area contributed by atoms with E-state index in [1.807, 2.05) is 4.90 Å². The minimum Gasteiger partial charge on any atom is -0.478 e. The third-order valence-corrected chi connectivity index (χ3v) is 3.97. The van der Waals surface area contributed by atoms with Crippen LogP contribution in [0.4, 0.5) is 0 Å². The number of carbonyl (C=O) groups excluding carboxylic acids is 1. The van der Waals surface area contributed by atoms with Crippen LogP contribution in [0, 0.1) is 5.92 Å². The molecular formula is C16H20N2O3. The zero-order valence-electron chi connectivity index (χ0n) is 12.2. The first-order valence-electron chi connectivity index (χ1n) is 7.26. The largest absolute Gasteiger partial charge is 0.478 e. The summed E-state index contributed by atoms with van der Waals surface area (Å²) in [5.41, 5.74) is 1.06. The van der Waals surface area contributed by atoms with Crippen molar-refractivity contribution < 1.29 is 14.7 Å². The summed E-state index contributed by atoms with van der Waals surface area (Å²) in [6.07, 6.45) is 8.75. The van der Waals surface area contributed by atoms with Crippen molar-refractivity contribution in [2.24, 2.45) is 5.92 Å². The molecule has 0 aliphatic carbocycles. The van der Waals surface area contributed by atoms with Gasteiger partial charge in [-0.05, 0) is 30.9 Å². The van der Waals surface area contributed by atoms with E-state index in [-0.39, 0.29) is 5.91 Å². The highest BCUT2D eigenvalue weighted by Gasteiger charge is 2.23. The Balaban J connectivity index is 2.14. The first-order valence-corrected chi connectivity index (χ1v) is 7.26. The number of amides is 1. The molecule has 0 spiro atoms. The fourth-order valence-electron chi connectivity index (χ4n) is 2.61. The van der Waals surface area contributed by atoms with E-state index in [0.717, 1.165) is 38.4 Å². The van der Waals surface area contributed by atoms with E-state index in [2.05, 4.69) is 11.9 Å². The molecule has 1 saturated heterocycles. The Kier molecular flexibility index (Phi) is 5.09. The lowest BCUT2D eigenvalue weighted by atomic mass is 9.94. The lowest BCUT2D eigenvalue weighted by Crippen LogP contribution is -2.38. The van der Waals surface area contributed by atoms with E-state index in [1.165, 1.54) is 12.3 Å². The van der Waals surface area contributed by atoms with Crippen LogP contribution in [0.15, 0.2) is 24.5 Å². The SMILES string of the molecule is CCC1CCN(C(=O)c2ccncc2C=CC(=O)O)CC1. The maximum absolute atomic E-state index is 12.6. The van der Waals surface area contributed by atoms with Gasteiger partial charge in [0.15, 0.2) is 0 Å². The molecule has 112 valence electrons. The monoisotopic (exact) mass is 288 g/mol. The third-order valence-electron chi connectivity index (χ3n) is 3.97. The van der Waals surface area contributed by atoms with Crippen LogP contribution in [0.5, 0.6) is 0 Å². The Labute approximate surface area is 124 Å². The van der Waals surface area contributed by atoms with Crippen LogP contribution < -0.4 is 0 Å². The van der Waals surface area contributed by atoms with Crippen molar-refractivity contribution in [1.29, 1.82) is 0 Å². The number of aliphatic carboxylic acids is 1. The van der Waals surface area contributed by atoms with Crippen LogP contribution in [0.3, 0.4) is 0 Å². The molecule has 1 fully saturated rings. The van der Waals surface area contributed by atoms with E-state index >= 15 is 0 Å². The average Bonchev–Trinajstić information content (AvgIpc) is 2.52. The quantitative estimate of drug-likeness (QED) is 0.864. The smallest absolute Gasteiger partial charge is 0.328 e. The van der Waals surface area contributed by atoms with Gasteiger partial charge in [-0.1, -0.05) is 13.3 Å². The number of carboxylic acids is 1. The van der Waals surface area contributed by atoms with Crippen LogP contribution in [-0.4, -0.2) is 40.0 Å². The van der Waals surface area contributed by atoms with E-state index in [1.54, 1.807) is 12.3 Å². The predicted molar refractivity (Wildman–Crippen MR) is 79.8 cm³/mol. The number of carbonyl (C=O) groups is 2. The highest BCUT2D eigenvalue weighted by molar-refractivity contribution is 5.98. The van der Waals surface area contributed by atoms with Crippen molar-refractivity contribution in [2.75, 3.05) is 13.1 Å². The van der Waals surface area contributed by atoms with Gasteiger partial charge in [-0.25, -0.2) is 4.79 Å². The van der Waals surface area contributed by atoms with Gasteiger partial charge in [0.25, 0.3) is 5.91 Å². The molecule has 2 heterocycles. The van der Waals surface area contributed by atoms with Crippen LogP contribution in [0.1, 0.15) is 42.1 Å². The van der Waals surface area contributed by atoms with Crippen LogP contribution >= 0.6 is 0 Å². The van der Waals surface area contributed by atoms with Crippen molar-refractivity contribution >= 4 is 18.0 Å². The zero-order valence-corrected chi connectivity index (χ0v) is 12.2. The molecule has 0 bridgehead atoms. The minimum absolute atomic E-state index is 0.0445. The molecule has 0 unspecified atom stereocenters. The van der Waals surface area contributed by atoms with Crippen molar-refractivity contribution in [2.45, 2.75) is 26.2 Å².